The maximum atomic E-state index is 12.7. The molecule has 0 spiro atoms. The van der Waals surface area contributed by atoms with Gasteiger partial charge in [0.15, 0.2) is 0 Å². The van der Waals surface area contributed by atoms with Crippen molar-refractivity contribution in [3.63, 3.8) is 0 Å². The van der Waals surface area contributed by atoms with Crippen molar-refractivity contribution in [3.05, 3.63) is 50.9 Å². The number of anilines is 1. The van der Waals surface area contributed by atoms with E-state index in [4.69, 9.17) is 16.3 Å². The highest BCUT2D eigenvalue weighted by Crippen LogP contribution is 2.38. The van der Waals surface area contributed by atoms with E-state index in [0.717, 1.165) is 36.8 Å². The summed E-state index contributed by atoms with van der Waals surface area (Å²) in [6, 6.07) is 7.20. The van der Waals surface area contributed by atoms with Gasteiger partial charge in [-0.15, -0.1) is 11.3 Å². The maximum absolute atomic E-state index is 12.7. The predicted molar refractivity (Wildman–Crippen MR) is 110 cm³/mol. The minimum absolute atomic E-state index is 0.146. The zero-order valence-electron chi connectivity index (χ0n) is 15.6. The zero-order chi connectivity index (χ0) is 19.4. The first-order chi connectivity index (χ1) is 12.9. The normalized spacial score (nSPS) is 13.8. The van der Waals surface area contributed by atoms with Gasteiger partial charge in [-0.1, -0.05) is 30.2 Å². The molecule has 1 aliphatic rings. The van der Waals surface area contributed by atoms with E-state index in [2.05, 4.69) is 5.32 Å². The minimum Gasteiger partial charge on any atom is -0.459 e. The summed E-state index contributed by atoms with van der Waals surface area (Å²) in [5, 5.41) is 4.21. The van der Waals surface area contributed by atoms with Crippen LogP contribution in [0.3, 0.4) is 0 Å². The Kier molecular flexibility index (Phi) is 6.55. The number of ether oxygens (including phenoxy) is 1. The third-order valence-electron chi connectivity index (χ3n) is 4.50. The molecule has 0 unspecified atom stereocenters. The van der Waals surface area contributed by atoms with E-state index >= 15 is 0 Å². The Hall–Kier alpha value is -1.85. The second-order valence-electron chi connectivity index (χ2n) is 7.07. The molecule has 1 aliphatic carbocycles. The summed E-state index contributed by atoms with van der Waals surface area (Å²) in [6.07, 6.45) is 5.19. The van der Waals surface area contributed by atoms with E-state index in [1.165, 1.54) is 22.6 Å². The molecule has 0 radical (unpaired) electrons. The van der Waals surface area contributed by atoms with Gasteiger partial charge >= 0.3 is 5.97 Å². The van der Waals surface area contributed by atoms with Crippen LogP contribution in [0.4, 0.5) is 5.00 Å². The number of aryl methyl sites for hydroxylation is 1. The second kappa shape index (κ2) is 8.89. The molecular weight excluding hydrogens is 382 g/mol. The van der Waals surface area contributed by atoms with Crippen LogP contribution in [0, 0.1) is 0 Å². The third-order valence-corrected chi connectivity index (χ3v) is 5.96. The fourth-order valence-corrected chi connectivity index (χ4v) is 4.70. The predicted octanol–water partition coefficient (Wildman–Crippen LogP) is 5.42. The molecule has 0 atom stereocenters. The maximum Gasteiger partial charge on any atom is 0.341 e. The fraction of sp³-hybridized carbons (Fsp3) is 0.429. The first kappa shape index (κ1) is 19.9. The average molecular weight is 406 g/mol. The number of carbonyl (C=O) groups is 2. The molecule has 1 amide bonds. The summed E-state index contributed by atoms with van der Waals surface area (Å²) in [6.45, 7) is 3.67. The molecule has 1 aromatic carbocycles. The van der Waals surface area contributed by atoms with Crippen LogP contribution in [0.2, 0.25) is 5.02 Å². The van der Waals surface area contributed by atoms with Gasteiger partial charge in [-0.2, -0.15) is 0 Å². The summed E-state index contributed by atoms with van der Waals surface area (Å²) < 4.78 is 5.46. The van der Waals surface area contributed by atoms with Crippen LogP contribution in [0.15, 0.2) is 24.3 Å². The van der Waals surface area contributed by atoms with E-state index < -0.39 is 0 Å². The van der Waals surface area contributed by atoms with Crippen molar-refractivity contribution in [2.45, 2.75) is 58.5 Å². The number of benzene rings is 1. The lowest BCUT2D eigenvalue weighted by Crippen LogP contribution is -2.18. The number of hydrogen-bond donors (Lipinski definition) is 1. The van der Waals surface area contributed by atoms with Gasteiger partial charge in [0, 0.05) is 9.90 Å². The molecule has 3 rings (SSSR count). The number of fused-ring (bicyclic) bond motifs is 1. The van der Waals surface area contributed by atoms with E-state index in [-0.39, 0.29) is 24.4 Å². The first-order valence-corrected chi connectivity index (χ1v) is 10.5. The highest BCUT2D eigenvalue weighted by atomic mass is 35.5. The van der Waals surface area contributed by atoms with Crippen LogP contribution in [0.1, 0.15) is 59.5 Å². The van der Waals surface area contributed by atoms with Crippen LogP contribution < -0.4 is 5.32 Å². The van der Waals surface area contributed by atoms with Crippen molar-refractivity contribution in [3.8, 4) is 0 Å². The van der Waals surface area contributed by atoms with Gasteiger partial charge in [0.2, 0.25) is 5.91 Å². The highest BCUT2D eigenvalue weighted by molar-refractivity contribution is 7.17. The molecule has 144 valence electrons. The van der Waals surface area contributed by atoms with Crippen LogP contribution in [0.5, 0.6) is 0 Å². The van der Waals surface area contributed by atoms with E-state index in [1.54, 1.807) is 12.1 Å². The molecule has 0 saturated carbocycles. The molecule has 0 aliphatic heterocycles. The van der Waals surface area contributed by atoms with E-state index in [1.807, 2.05) is 26.0 Å². The molecule has 0 saturated heterocycles. The molecule has 27 heavy (non-hydrogen) atoms. The van der Waals surface area contributed by atoms with Crippen molar-refractivity contribution in [1.29, 1.82) is 0 Å². The van der Waals surface area contributed by atoms with Gasteiger partial charge in [0.05, 0.1) is 18.1 Å². The Labute approximate surface area is 168 Å². The van der Waals surface area contributed by atoms with Crippen molar-refractivity contribution < 1.29 is 14.3 Å². The van der Waals surface area contributed by atoms with Crippen molar-refractivity contribution >= 4 is 39.8 Å². The largest absolute Gasteiger partial charge is 0.459 e. The highest BCUT2D eigenvalue weighted by Gasteiger charge is 2.27. The molecule has 1 N–H and O–H groups in total. The Balaban J connectivity index is 1.83. The van der Waals surface area contributed by atoms with Crippen molar-refractivity contribution in [2.24, 2.45) is 0 Å². The molecule has 4 nitrogen and oxygen atoms in total. The lowest BCUT2D eigenvalue weighted by Gasteiger charge is -2.11. The number of nitrogens with one attached hydrogen (secondary N) is 1. The molecule has 2 aromatic rings. The van der Waals surface area contributed by atoms with Crippen LogP contribution in [-0.4, -0.2) is 18.0 Å². The fourth-order valence-electron chi connectivity index (χ4n) is 3.28. The number of carbonyl (C=O) groups excluding carboxylic acids is 2. The monoisotopic (exact) mass is 405 g/mol. The number of amides is 1. The number of hydrogen-bond acceptors (Lipinski definition) is 4. The number of thiophene rings is 1. The topological polar surface area (TPSA) is 55.4 Å². The average Bonchev–Trinajstić information content (AvgIpc) is 2.77. The number of rotatable bonds is 5. The van der Waals surface area contributed by atoms with Gasteiger partial charge in [0.25, 0.3) is 0 Å². The summed E-state index contributed by atoms with van der Waals surface area (Å²) in [4.78, 5) is 26.5. The molecule has 0 fully saturated rings. The smallest absolute Gasteiger partial charge is 0.341 e. The number of esters is 1. The number of halogens is 1. The van der Waals surface area contributed by atoms with Gasteiger partial charge in [-0.25, -0.2) is 4.79 Å². The van der Waals surface area contributed by atoms with Crippen molar-refractivity contribution in [1.82, 2.24) is 0 Å². The first-order valence-electron chi connectivity index (χ1n) is 9.34. The van der Waals surface area contributed by atoms with Gasteiger partial charge in [-0.05, 0) is 62.8 Å². The zero-order valence-corrected chi connectivity index (χ0v) is 17.2. The summed E-state index contributed by atoms with van der Waals surface area (Å²) in [7, 11) is 0. The second-order valence-corrected chi connectivity index (χ2v) is 8.62. The third kappa shape index (κ3) is 5.11. The summed E-state index contributed by atoms with van der Waals surface area (Å²) >= 11 is 7.41. The van der Waals surface area contributed by atoms with E-state index in [0.29, 0.717) is 15.6 Å². The van der Waals surface area contributed by atoms with Gasteiger partial charge in [-0.3, -0.25) is 4.79 Å². The molecule has 6 heteroatoms. The standard InChI is InChI=1S/C21H24ClNO3S/c1-13(2)26-21(25)19-16-6-4-3-5-7-17(16)27-20(19)23-18(24)12-14-8-10-15(22)11-9-14/h8-11,13H,3-7,12H2,1-2H3,(H,23,24). The van der Waals surface area contributed by atoms with Crippen molar-refractivity contribution in [2.75, 3.05) is 5.32 Å². The quantitative estimate of drug-likeness (QED) is 0.534. The Morgan fingerprint density at radius 3 is 2.56 bits per heavy atom. The Bertz CT molecular complexity index is 827. The molecule has 0 bridgehead atoms. The molecule has 1 heterocycles. The minimum atomic E-state index is -0.341. The Morgan fingerprint density at radius 2 is 1.85 bits per heavy atom. The molecule has 1 aromatic heterocycles. The van der Waals surface area contributed by atoms with Crippen LogP contribution in [0.25, 0.3) is 0 Å². The van der Waals surface area contributed by atoms with Gasteiger partial charge < -0.3 is 10.1 Å². The Morgan fingerprint density at radius 1 is 1.15 bits per heavy atom. The summed E-state index contributed by atoms with van der Waals surface area (Å²) in [5.41, 5.74) is 2.49. The lowest BCUT2D eigenvalue weighted by molar-refractivity contribution is -0.115. The SMILES string of the molecule is CC(C)OC(=O)c1c(NC(=O)Cc2ccc(Cl)cc2)sc2c1CCCCC2. The van der Waals surface area contributed by atoms with Gasteiger partial charge in [0.1, 0.15) is 5.00 Å². The molecular formula is C21H24ClNO3S. The van der Waals surface area contributed by atoms with Crippen LogP contribution >= 0.6 is 22.9 Å². The van der Waals surface area contributed by atoms with Crippen LogP contribution in [-0.2, 0) is 28.8 Å². The van der Waals surface area contributed by atoms with E-state index in [9.17, 15) is 9.59 Å². The summed E-state index contributed by atoms with van der Waals surface area (Å²) in [5.74, 6) is -0.487. The lowest BCUT2D eigenvalue weighted by atomic mass is 10.1.